The first kappa shape index (κ1) is 23.5. The molecular formula is C20H25ClN4O5. The molecule has 9 nitrogen and oxygen atoms in total. The number of aromatic nitrogens is 2. The Morgan fingerprint density at radius 3 is 2.43 bits per heavy atom. The first-order chi connectivity index (χ1) is 14.0. The molecule has 4 N–H and O–H groups in total. The third-order valence-electron chi connectivity index (χ3n) is 4.19. The summed E-state index contributed by atoms with van der Waals surface area (Å²) in [5.41, 5.74) is 0.110. The SMILES string of the molecule is CC(C)(C)C(=O)Nc1cc(Cl)ccc1-c1cc(=O)n(CC(=O)NC(CO)CO)cn1. The number of aliphatic hydroxyl groups excluding tert-OH is 2. The number of aliphatic hydroxyl groups is 2. The molecule has 0 unspecified atom stereocenters. The van der Waals surface area contributed by atoms with Crippen LogP contribution in [0.4, 0.5) is 5.69 Å². The minimum absolute atomic E-state index is 0.224. The largest absolute Gasteiger partial charge is 0.394 e. The first-order valence-corrected chi connectivity index (χ1v) is 9.62. The van der Waals surface area contributed by atoms with Gasteiger partial charge in [0.05, 0.1) is 37.0 Å². The highest BCUT2D eigenvalue weighted by molar-refractivity contribution is 6.31. The van der Waals surface area contributed by atoms with Crippen molar-refractivity contribution in [2.75, 3.05) is 18.5 Å². The molecule has 2 rings (SSSR count). The van der Waals surface area contributed by atoms with Crippen LogP contribution in [0.5, 0.6) is 0 Å². The van der Waals surface area contributed by atoms with Crippen molar-refractivity contribution in [1.82, 2.24) is 14.9 Å². The fourth-order valence-electron chi connectivity index (χ4n) is 2.42. The third kappa shape index (κ3) is 6.12. The highest BCUT2D eigenvalue weighted by atomic mass is 35.5. The van der Waals surface area contributed by atoms with E-state index in [0.29, 0.717) is 22.0 Å². The lowest BCUT2D eigenvalue weighted by Gasteiger charge is -2.19. The fourth-order valence-corrected chi connectivity index (χ4v) is 2.59. The van der Waals surface area contributed by atoms with Crippen molar-refractivity contribution in [2.45, 2.75) is 33.4 Å². The van der Waals surface area contributed by atoms with Gasteiger partial charge in [-0.05, 0) is 18.2 Å². The molecule has 1 aromatic heterocycles. The van der Waals surface area contributed by atoms with Crippen molar-refractivity contribution in [3.8, 4) is 11.3 Å². The summed E-state index contributed by atoms with van der Waals surface area (Å²) in [6.45, 7) is 4.15. The van der Waals surface area contributed by atoms with Crippen molar-refractivity contribution in [2.24, 2.45) is 5.41 Å². The van der Waals surface area contributed by atoms with Crippen LogP contribution in [-0.4, -0.2) is 50.8 Å². The van der Waals surface area contributed by atoms with Crippen molar-refractivity contribution >= 4 is 29.1 Å². The molecule has 0 aliphatic heterocycles. The summed E-state index contributed by atoms with van der Waals surface area (Å²) in [5.74, 6) is -0.775. The van der Waals surface area contributed by atoms with Crippen LogP contribution in [0.25, 0.3) is 11.3 Å². The van der Waals surface area contributed by atoms with E-state index in [1.807, 2.05) is 0 Å². The Morgan fingerprint density at radius 1 is 1.20 bits per heavy atom. The molecule has 0 saturated heterocycles. The summed E-state index contributed by atoms with van der Waals surface area (Å²) in [5, 5.41) is 23.7. The molecule has 2 aromatic rings. The Morgan fingerprint density at radius 2 is 1.87 bits per heavy atom. The van der Waals surface area contributed by atoms with Crippen LogP contribution in [0.2, 0.25) is 5.02 Å². The number of hydrogen-bond donors (Lipinski definition) is 4. The zero-order valence-corrected chi connectivity index (χ0v) is 17.7. The van der Waals surface area contributed by atoms with E-state index in [2.05, 4.69) is 15.6 Å². The lowest BCUT2D eigenvalue weighted by atomic mass is 9.95. The molecule has 0 aliphatic carbocycles. The van der Waals surface area contributed by atoms with Crippen molar-refractivity contribution in [3.05, 3.63) is 46.0 Å². The van der Waals surface area contributed by atoms with Crippen LogP contribution in [0.3, 0.4) is 0 Å². The van der Waals surface area contributed by atoms with E-state index in [9.17, 15) is 14.4 Å². The Hall–Kier alpha value is -2.75. The Kier molecular flexibility index (Phi) is 7.71. The molecule has 0 radical (unpaired) electrons. The smallest absolute Gasteiger partial charge is 0.254 e. The summed E-state index contributed by atoms with van der Waals surface area (Å²) >= 11 is 6.06. The van der Waals surface area contributed by atoms with Gasteiger partial charge in [0.2, 0.25) is 11.8 Å². The van der Waals surface area contributed by atoms with Crippen LogP contribution in [0.15, 0.2) is 35.4 Å². The number of halogens is 1. The number of anilines is 1. The lowest BCUT2D eigenvalue weighted by Crippen LogP contribution is -2.42. The maximum atomic E-state index is 12.5. The minimum Gasteiger partial charge on any atom is -0.394 e. The summed E-state index contributed by atoms with van der Waals surface area (Å²) in [4.78, 5) is 41.1. The van der Waals surface area contributed by atoms with E-state index in [-0.39, 0.29) is 12.5 Å². The molecule has 0 bridgehead atoms. The summed E-state index contributed by atoms with van der Waals surface area (Å²) < 4.78 is 1.09. The van der Waals surface area contributed by atoms with Crippen LogP contribution in [-0.2, 0) is 16.1 Å². The van der Waals surface area contributed by atoms with Crippen LogP contribution in [0, 0.1) is 5.41 Å². The van der Waals surface area contributed by atoms with Gasteiger partial charge in [-0.15, -0.1) is 0 Å². The number of benzene rings is 1. The van der Waals surface area contributed by atoms with Gasteiger partial charge in [-0.2, -0.15) is 0 Å². The highest BCUT2D eigenvalue weighted by Crippen LogP contribution is 2.30. The van der Waals surface area contributed by atoms with Crippen molar-refractivity contribution < 1.29 is 19.8 Å². The first-order valence-electron chi connectivity index (χ1n) is 9.24. The number of amides is 2. The summed E-state index contributed by atoms with van der Waals surface area (Å²) in [6, 6.07) is 5.29. The van der Waals surface area contributed by atoms with Crippen LogP contribution in [0.1, 0.15) is 20.8 Å². The second-order valence-electron chi connectivity index (χ2n) is 7.76. The minimum atomic E-state index is -0.802. The normalized spacial score (nSPS) is 11.4. The molecule has 30 heavy (non-hydrogen) atoms. The third-order valence-corrected chi connectivity index (χ3v) is 4.42. The van der Waals surface area contributed by atoms with Crippen molar-refractivity contribution in [3.63, 3.8) is 0 Å². The fraction of sp³-hybridized carbons (Fsp3) is 0.400. The van der Waals surface area contributed by atoms with E-state index in [1.165, 1.54) is 12.4 Å². The van der Waals surface area contributed by atoms with Gasteiger partial charge in [-0.1, -0.05) is 32.4 Å². The van der Waals surface area contributed by atoms with E-state index >= 15 is 0 Å². The molecule has 0 spiro atoms. The second kappa shape index (κ2) is 9.84. The van der Waals surface area contributed by atoms with Crippen LogP contribution < -0.4 is 16.2 Å². The molecule has 0 saturated carbocycles. The summed E-state index contributed by atoms with van der Waals surface area (Å²) in [7, 11) is 0. The predicted octanol–water partition coefficient (Wildman–Crippen LogP) is 1.02. The molecule has 1 heterocycles. The monoisotopic (exact) mass is 436 g/mol. The van der Waals surface area contributed by atoms with Crippen LogP contribution >= 0.6 is 11.6 Å². The number of rotatable bonds is 7. The predicted molar refractivity (Wildman–Crippen MR) is 113 cm³/mol. The quantitative estimate of drug-likeness (QED) is 0.512. The van der Waals surface area contributed by atoms with Gasteiger partial charge in [0.1, 0.15) is 6.54 Å². The van der Waals surface area contributed by atoms with Gasteiger partial charge in [-0.25, -0.2) is 4.98 Å². The number of nitrogens with zero attached hydrogens (tertiary/aromatic N) is 2. The average molecular weight is 437 g/mol. The molecule has 0 aliphatic rings. The standard InChI is InChI=1S/C20H25ClN4O5/c1-20(2,3)19(30)24-16-6-12(21)4-5-14(16)15-7-18(29)25(11-22-15)8-17(28)23-13(9-26)10-27/h4-7,11,13,26-27H,8-10H2,1-3H3,(H,23,28)(H,24,30). The zero-order chi connectivity index (χ0) is 22.5. The van der Waals surface area contributed by atoms with E-state index in [0.717, 1.165) is 4.57 Å². The Labute approximate surface area is 178 Å². The molecule has 0 fully saturated rings. The van der Waals surface area contributed by atoms with E-state index < -0.39 is 36.1 Å². The zero-order valence-electron chi connectivity index (χ0n) is 17.0. The number of nitrogens with one attached hydrogen (secondary N) is 2. The molecule has 1 aromatic carbocycles. The Bertz CT molecular complexity index is 980. The van der Waals surface area contributed by atoms with Gasteiger partial charge in [-0.3, -0.25) is 19.0 Å². The van der Waals surface area contributed by atoms with Gasteiger partial charge < -0.3 is 20.8 Å². The molecule has 162 valence electrons. The summed E-state index contributed by atoms with van der Waals surface area (Å²) in [6.07, 6.45) is 1.22. The van der Waals surface area contributed by atoms with Crippen molar-refractivity contribution in [1.29, 1.82) is 0 Å². The maximum absolute atomic E-state index is 12.5. The molecule has 10 heteroatoms. The number of carbonyl (C=O) groups excluding carboxylic acids is 2. The van der Waals surface area contributed by atoms with E-state index in [4.69, 9.17) is 21.8 Å². The second-order valence-corrected chi connectivity index (χ2v) is 8.20. The molecule has 2 amide bonds. The molecule has 0 atom stereocenters. The number of carbonyl (C=O) groups is 2. The topological polar surface area (TPSA) is 134 Å². The van der Waals surface area contributed by atoms with Gasteiger partial charge in [0.15, 0.2) is 0 Å². The number of hydrogen-bond acceptors (Lipinski definition) is 6. The van der Waals surface area contributed by atoms with E-state index in [1.54, 1.807) is 39.0 Å². The average Bonchev–Trinajstić information content (AvgIpc) is 2.67. The Balaban J connectivity index is 2.29. The maximum Gasteiger partial charge on any atom is 0.254 e. The van der Waals surface area contributed by atoms with Gasteiger partial charge in [0.25, 0.3) is 5.56 Å². The highest BCUT2D eigenvalue weighted by Gasteiger charge is 2.23. The molecular weight excluding hydrogens is 412 g/mol. The van der Waals surface area contributed by atoms with Gasteiger partial charge >= 0.3 is 0 Å². The van der Waals surface area contributed by atoms with Gasteiger partial charge in [0, 0.05) is 22.1 Å². The lowest BCUT2D eigenvalue weighted by molar-refractivity contribution is -0.123.